The Bertz CT molecular complexity index is 4900. The molecule has 9 aromatic carbocycles. The van der Waals surface area contributed by atoms with E-state index in [1.807, 2.05) is 182 Å². The minimum Gasteiger partial charge on any atom is -0.492 e. The molecule has 0 unspecified atom stereocenters. The molecule has 0 saturated heterocycles. The molecule has 9 aromatic rings. The second-order valence-corrected chi connectivity index (χ2v) is 28.7. The minimum atomic E-state index is 0.566. The highest BCUT2D eigenvalue weighted by Gasteiger charge is 2.16. The van der Waals surface area contributed by atoms with E-state index in [9.17, 15) is 0 Å². The van der Waals surface area contributed by atoms with Gasteiger partial charge in [0, 0.05) is 103 Å². The summed E-state index contributed by atoms with van der Waals surface area (Å²) in [5.41, 5.74) is 14.8. The van der Waals surface area contributed by atoms with Gasteiger partial charge in [0.25, 0.3) is 0 Å². The van der Waals surface area contributed by atoms with Gasteiger partial charge in [0.1, 0.15) is 34.5 Å². The third-order valence-electron chi connectivity index (χ3n) is 19.2. The summed E-state index contributed by atoms with van der Waals surface area (Å²) in [6, 6.07) is 59.4. The van der Waals surface area contributed by atoms with E-state index in [0.29, 0.717) is 74.1 Å². The standard InChI is InChI=1S/C110H110O6/c1-9-17-23-29-75-111-105-83-101(107(113-77-31-25-19-11-3)81-99(105)69-63-93-39-35-87(15-7)36-40-93)71-65-95-55-47-89(48-56-95)43-45-91-51-59-97(60-52-91)67-73-103-85-110(116-80-34-28-22-14-6)104(86-109(103)115-79-33-27-21-13-5)74-68-98-61-53-92(54-62-98)46-44-90-49-57-96(58-50-90)66-72-102-84-106(112-76-30-24-18-10-2)100(82-108(102)114-78-32-26-20-12-4)70-64-94-41-37-88(16-8)38-42-94/h7-8,35-42,47-62,81-86H,9-14,17-34,75-80H2,1-6H3. The molecule has 0 radical (unpaired) electrons. The summed E-state index contributed by atoms with van der Waals surface area (Å²) in [7, 11) is 0. The van der Waals surface area contributed by atoms with Gasteiger partial charge in [-0.05, 0) is 184 Å². The van der Waals surface area contributed by atoms with Crippen LogP contribution in [0.1, 0.15) is 296 Å². The summed E-state index contributed by atoms with van der Waals surface area (Å²) in [5.74, 6) is 63.7. The molecular weight excluding hydrogens is 1420 g/mol. The zero-order valence-corrected chi connectivity index (χ0v) is 69.1. The number of ether oxygens (including phenoxy) is 6. The first-order valence-electron chi connectivity index (χ1n) is 42.2. The number of rotatable bonds is 36. The van der Waals surface area contributed by atoms with Crippen molar-refractivity contribution in [1.82, 2.24) is 0 Å². The van der Waals surface area contributed by atoms with Gasteiger partial charge in [-0.15, -0.1) is 12.8 Å². The third-order valence-corrected chi connectivity index (χ3v) is 19.2. The van der Waals surface area contributed by atoms with Gasteiger partial charge < -0.3 is 28.4 Å². The summed E-state index contributed by atoms with van der Waals surface area (Å²) < 4.78 is 39.0. The Morgan fingerprint density at radius 2 is 0.302 bits per heavy atom. The van der Waals surface area contributed by atoms with Crippen LogP contribution < -0.4 is 28.4 Å². The van der Waals surface area contributed by atoms with Crippen molar-refractivity contribution in [1.29, 1.82) is 0 Å². The Kier molecular flexibility index (Phi) is 38.5. The van der Waals surface area contributed by atoms with Crippen LogP contribution in [-0.4, -0.2) is 39.6 Å². The Morgan fingerprint density at radius 3 is 0.431 bits per heavy atom. The normalized spacial score (nSPS) is 10.1. The van der Waals surface area contributed by atoms with Crippen LogP contribution in [0.5, 0.6) is 34.5 Å². The maximum atomic E-state index is 6.58. The molecule has 586 valence electrons. The van der Waals surface area contributed by atoms with Crippen molar-refractivity contribution >= 4 is 0 Å². The fourth-order valence-electron chi connectivity index (χ4n) is 12.2. The molecule has 0 saturated carbocycles. The molecule has 0 heterocycles. The SMILES string of the molecule is C#Cc1ccc(C#Cc2cc(OCCCCCC)c(C#Cc3ccc(C#Cc4ccc(C#Cc5cc(OCCCCCC)c(C#Cc6ccc(C#Cc7ccc(C#Cc8cc(OCCCCCC)c(C#Cc9ccc(C#C)cc9)cc8OCCCCCC)cc7)cc6)cc5OCCCCCC)cc4)cc3)cc2OCCCCCC)cc1. The lowest BCUT2D eigenvalue weighted by Gasteiger charge is -2.14. The fourth-order valence-corrected chi connectivity index (χ4v) is 12.2. The van der Waals surface area contributed by atoms with Crippen LogP contribution in [-0.2, 0) is 0 Å². The van der Waals surface area contributed by atoms with E-state index in [2.05, 4.69) is 148 Å². The Labute approximate surface area is 695 Å². The molecule has 9 rings (SSSR count). The first kappa shape index (κ1) is 87.3. The molecule has 0 atom stereocenters. The van der Waals surface area contributed by atoms with E-state index in [0.717, 1.165) is 241 Å². The molecule has 0 spiro atoms. The van der Waals surface area contributed by atoms with Crippen molar-refractivity contribution in [2.45, 2.75) is 196 Å². The smallest absolute Gasteiger partial charge is 0.136 e. The van der Waals surface area contributed by atoms with Gasteiger partial charge in [-0.2, -0.15) is 0 Å². The summed E-state index contributed by atoms with van der Waals surface area (Å²) in [6.45, 7) is 16.8. The maximum Gasteiger partial charge on any atom is 0.136 e. The summed E-state index contributed by atoms with van der Waals surface area (Å²) in [4.78, 5) is 0. The van der Waals surface area contributed by atoms with Gasteiger partial charge in [0.15, 0.2) is 0 Å². The molecule has 0 aliphatic carbocycles. The largest absolute Gasteiger partial charge is 0.492 e. The molecule has 0 fully saturated rings. The molecule has 6 heteroatoms. The molecule has 0 amide bonds. The molecule has 116 heavy (non-hydrogen) atoms. The van der Waals surface area contributed by atoms with Gasteiger partial charge >= 0.3 is 0 Å². The van der Waals surface area contributed by atoms with Crippen molar-refractivity contribution < 1.29 is 28.4 Å². The molecule has 0 aromatic heterocycles. The number of hydrogen-bond acceptors (Lipinski definition) is 6. The third kappa shape index (κ3) is 31.1. The second kappa shape index (κ2) is 51.2. The minimum absolute atomic E-state index is 0.566. The van der Waals surface area contributed by atoms with E-state index >= 15 is 0 Å². The fraction of sp³-hybridized carbons (Fsp3) is 0.327. The maximum absolute atomic E-state index is 6.58. The van der Waals surface area contributed by atoms with Crippen molar-refractivity contribution in [3.63, 3.8) is 0 Å². The highest BCUT2D eigenvalue weighted by atomic mass is 16.5. The predicted molar refractivity (Wildman–Crippen MR) is 480 cm³/mol. The van der Waals surface area contributed by atoms with Crippen LogP contribution >= 0.6 is 0 Å². The lowest BCUT2D eigenvalue weighted by Crippen LogP contribution is -2.03. The predicted octanol–water partition coefficient (Wildman–Crippen LogP) is 24.6. The zero-order valence-electron chi connectivity index (χ0n) is 69.1. The van der Waals surface area contributed by atoms with Crippen LogP contribution in [0.4, 0.5) is 0 Å². The first-order chi connectivity index (χ1) is 57.2. The Balaban J connectivity index is 0.896. The Morgan fingerprint density at radius 1 is 0.172 bits per heavy atom. The van der Waals surface area contributed by atoms with E-state index in [1.165, 1.54) is 12.8 Å². The van der Waals surface area contributed by atoms with Gasteiger partial charge in [-0.3, -0.25) is 0 Å². The molecule has 0 aliphatic heterocycles. The van der Waals surface area contributed by atoms with Crippen molar-refractivity contribution in [2.75, 3.05) is 39.6 Å². The molecular formula is C110H110O6. The van der Waals surface area contributed by atoms with Crippen LogP contribution in [0.25, 0.3) is 0 Å². The number of benzene rings is 9. The van der Waals surface area contributed by atoms with Crippen molar-refractivity contribution in [2.24, 2.45) is 0 Å². The number of unbranched alkanes of at least 4 members (excludes halogenated alkanes) is 18. The van der Waals surface area contributed by atoms with Crippen molar-refractivity contribution in [3.05, 3.63) is 282 Å². The number of hydrogen-bond donors (Lipinski definition) is 0. The van der Waals surface area contributed by atoms with Gasteiger partial charge in [-0.1, -0.05) is 264 Å². The molecule has 0 bridgehead atoms. The Hall–Kier alpha value is -12.6. The first-order valence-corrected chi connectivity index (χ1v) is 42.2. The van der Waals surface area contributed by atoms with Crippen LogP contribution in [0.2, 0.25) is 0 Å². The quantitative estimate of drug-likeness (QED) is 0.0288. The lowest BCUT2D eigenvalue weighted by atomic mass is 10.1. The topological polar surface area (TPSA) is 55.4 Å². The van der Waals surface area contributed by atoms with Crippen LogP contribution in [0.3, 0.4) is 0 Å². The highest BCUT2D eigenvalue weighted by molar-refractivity contribution is 5.65. The van der Waals surface area contributed by atoms with Crippen molar-refractivity contribution in [3.8, 4) is 154 Å². The summed E-state index contributed by atoms with van der Waals surface area (Å²) in [5, 5.41) is 0. The van der Waals surface area contributed by atoms with Gasteiger partial charge in [0.05, 0.1) is 73.0 Å². The highest BCUT2D eigenvalue weighted by Crippen LogP contribution is 2.33. The van der Waals surface area contributed by atoms with E-state index < -0.39 is 0 Å². The van der Waals surface area contributed by atoms with Gasteiger partial charge in [-0.25, -0.2) is 0 Å². The molecule has 0 N–H and O–H groups in total. The van der Waals surface area contributed by atoms with Crippen LogP contribution in [0, 0.1) is 119 Å². The van der Waals surface area contributed by atoms with Gasteiger partial charge in [0.2, 0.25) is 0 Å². The lowest BCUT2D eigenvalue weighted by molar-refractivity contribution is 0.295. The monoisotopic (exact) mass is 1530 g/mol. The summed E-state index contributed by atoms with van der Waals surface area (Å²) >= 11 is 0. The van der Waals surface area contributed by atoms with Crippen LogP contribution in [0.15, 0.2) is 182 Å². The molecule has 6 nitrogen and oxygen atoms in total. The zero-order chi connectivity index (χ0) is 81.3. The summed E-state index contributed by atoms with van der Waals surface area (Å²) in [6.07, 6.45) is 37.4. The average Bonchev–Trinajstić information content (AvgIpc) is 0.828. The molecule has 0 aliphatic rings. The second-order valence-electron chi connectivity index (χ2n) is 28.7. The average molecular weight is 1530 g/mol. The van der Waals surface area contributed by atoms with E-state index in [-0.39, 0.29) is 0 Å². The number of terminal acetylenes is 2. The van der Waals surface area contributed by atoms with E-state index in [4.69, 9.17) is 41.3 Å². The van der Waals surface area contributed by atoms with E-state index in [1.54, 1.807) is 0 Å².